The van der Waals surface area contributed by atoms with E-state index >= 15 is 0 Å². The molecule has 0 saturated carbocycles. The van der Waals surface area contributed by atoms with Crippen LogP contribution in [0.4, 0.5) is 5.69 Å². The first-order valence-corrected chi connectivity index (χ1v) is 10.7. The normalized spacial score (nSPS) is 14.8. The number of fused-ring (bicyclic) bond motifs is 1. The molecule has 0 saturated heterocycles. The zero-order chi connectivity index (χ0) is 18.7. The van der Waals surface area contributed by atoms with E-state index < -0.39 is 10.0 Å². The topological polar surface area (TPSA) is 66.5 Å². The molecule has 1 N–H and O–H groups in total. The van der Waals surface area contributed by atoms with Crippen LogP contribution in [0.1, 0.15) is 47.3 Å². The molecule has 5 nitrogen and oxygen atoms in total. The molecule has 1 atom stereocenters. The zero-order valence-corrected chi connectivity index (χ0v) is 15.9. The van der Waals surface area contributed by atoms with E-state index in [1.165, 1.54) is 10.6 Å². The highest BCUT2D eigenvalue weighted by atomic mass is 32.2. The van der Waals surface area contributed by atoms with Crippen molar-refractivity contribution in [3.63, 3.8) is 0 Å². The molecule has 3 rings (SSSR count). The summed E-state index contributed by atoms with van der Waals surface area (Å²) in [5.41, 5.74) is 3.23. The quantitative estimate of drug-likeness (QED) is 0.846. The lowest BCUT2D eigenvalue weighted by atomic mass is 10.0. The molecule has 6 heteroatoms. The smallest absolute Gasteiger partial charge is 0.251 e. The SMILES string of the molecule is CCC[C@@H](NC(=O)c1ccc2c(c1)CCN2S(C)(=O)=O)c1ccccc1. The number of carbonyl (C=O) groups excluding carboxylic acids is 1. The lowest BCUT2D eigenvalue weighted by Crippen LogP contribution is -2.29. The second-order valence-corrected chi connectivity index (χ2v) is 8.56. The fourth-order valence-electron chi connectivity index (χ4n) is 3.39. The van der Waals surface area contributed by atoms with Gasteiger partial charge in [0.05, 0.1) is 18.0 Å². The molecule has 0 radical (unpaired) electrons. The van der Waals surface area contributed by atoms with Crippen LogP contribution in [-0.2, 0) is 16.4 Å². The van der Waals surface area contributed by atoms with Crippen LogP contribution in [0.5, 0.6) is 0 Å². The van der Waals surface area contributed by atoms with E-state index in [2.05, 4.69) is 12.2 Å². The van der Waals surface area contributed by atoms with Gasteiger partial charge in [-0.3, -0.25) is 9.10 Å². The molecule has 2 aromatic rings. The molecule has 0 spiro atoms. The van der Waals surface area contributed by atoms with E-state index in [9.17, 15) is 13.2 Å². The Balaban J connectivity index is 1.80. The van der Waals surface area contributed by atoms with Gasteiger partial charge >= 0.3 is 0 Å². The van der Waals surface area contributed by atoms with Gasteiger partial charge in [-0.1, -0.05) is 43.7 Å². The summed E-state index contributed by atoms with van der Waals surface area (Å²) in [6, 6.07) is 15.2. The van der Waals surface area contributed by atoms with Crippen molar-refractivity contribution in [1.82, 2.24) is 5.32 Å². The summed E-state index contributed by atoms with van der Waals surface area (Å²) in [4.78, 5) is 12.7. The summed E-state index contributed by atoms with van der Waals surface area (Å²) < 4.78 is 25.1. The van der Waals surface area contributed by atoms with Gasteiger partial charge in [-0.05, 0) is 42.2 Å². The summed E-state index contributed by atoms with van der Waals surface area (Å²) in [7, 11) is -3.28. The molecule has 1 aliphatic rings. The van der Waals surface area contributed by atoms with Crippen molar-refractivity contribution >= 4 is 21.6 Å². The van der Waals surface area contributed by atoms with E-state index in [1.54, 1.807) is 12.1 Å². The highest BCUT2D eigenvalue weighted by Crippen LogP contribution is 2.31. The molecule has 1 heterocycles. The molecule has 0 bridgehead atoms. The van der Waals surface area contributed by atoms with Crippen molar-refractivity contribution in [2.24, 2.45) is 0 Å². The first kappa shape index (κ1) is 18.5. The molecule has 26 heavy (non-hydrogen) atoms. The van der Waals surface area contributed by atoms with Crippen molar-refractivity contribution in [2.45, 2.75) is 32.2 Å². The molecular weight excluding hydrogens is 348 g/mol. The molecule has 0 aliphatic carbocycles. The fraction of sp³-hybridized carbons (Fsp3) is 0.350. The number of benzene rings is 2. The Kier molecular flexibility index (Phi) is 5.32. The standard InChI is InChI=1S/C20H24N2O3S/c1-3-7-18(15-8-5-4-6-9-15)21-20(23)17-10-11-19-16(14-17)12-13-22(19)26(2,24)25/h4-6,8-11,14,18H,3,7,12-13H2,1-2H3,(H,21,23)/t18-/m1/s1. The third kappa shape index (κ3) is 3.90. The van der Waals surface area contributed by atoms with Crippen LogP contribution in [-0.4, -0.2) is 27.1 Å². The largest absolute Gasteiger partial charge is 0.345 e. The number of anilines is 1. The molecule has 0 unspecified atom stereocenters. The predicted octanol–water partition coefficient (Wildman–Crippen LogP) is 3.28. The maximum Gasteiger partial charge on any atom is 0.251 e. The summed E-state index contributed by atoms with van der Waals surface area (Å²) in [6.07, 6.45) is 3.66. The van der Waals surface area contributed by atoms with Crippen LogP contribution in [0.25, 0.3) is 0 Å². The maximum atomic E-state index is 12.7. The first-order chi connectivity index (χ1) is 12.4. The van der Waals surface area contributed by atoms with Gasteiger partial charge in [0.1, 0.15) is 0 Å². The zero-order valence-electron chi connectivity index (χ0n) is 15.1. The number of carbonyl (C=O) groups is 1. The maximum absolute atomic E-state index is 12.7. The number of nitrogens with zero attached hydrogens (tertiary/aromatic N) is 1. The van der Waals surface area contributed by atoms with Crippen LogP contribution in [0.2, 0.25) is 0 Å². The van der Waals surface area contributed by atoms with E-state index in [0.29, 0.717) is 24.2 Å². The minimum atomic E-state index is -3.28. The average Bonchev–Trinajstić information content (AvgIpc) is 3.05. The lowest BCUT2D eigenvalue weighted by molar-refractivity contribution is 0.0934. The van der Waals surface area contributed by atoms with Crippen LogP contribution in [0, 0.1) is 0 Å². The van der Waals surface area contributed by atoms with Crippen molar-refractivity contribution in [3.05, 3.63) is 65.2 Å². The number of hydrogen-bond acceptors (Lipinski definition) is 3. The van der Waals surface area contributed by atoms with Crippen molar-refractivity contribution in [1.29, 1.82) is 0 Å². The lowest BCUT2D eigenvalue weighted by Gasteiger charge is -2.19. The highest BCUT2D eigenvalue weighted by molar-refractivity contribution is 7.92. The molecular formula is C20H24N2O3S. The second-order valence-electron chi connectivity index (χ2n) is 6.65. The Morgan fingerprint density at radius 3 is 2.58 bits per heavy atom. The molecule has 0 aromatic heterocycles. The minimum absolute atomic E-state index is 0.0329. The number of hydrogen-bond donors (Lipinski definition) is 1. The number of rotatable bonds is 6. The molecule has 138 valence electrons. The van der Waals surface area contributed by atoms with Crippen molar-refractivity contribution in [2.75, 3.05) is 17.1 Å². The third-order valence-corrected chi connectivity index (χ3v) is 5.86. The Morgan fingerprint density at radius 1 is 1.19 bits per heavy atom. The number of sulfonamides is 1. The number of nitrogens with one attached hydrogen (secondary N) is 1. The van der Waals surface area contributed by atoms with Gasteiger partial charge < -0.3 is 5.32 Å². The Labute approximate surface area is 155 Å². The molecule has 1 amide bonds. The van der Waals surface area contributed by atoms with Gasteiger partial charge in [0.25, 0.3) is 5.91 Å². The monoisotopic (exact) mass is 372 g/mol. The van der Waals surface area contributed by atoms with Gasteiger partial charge in [0.15, 0.2) is 0 Å². The van der Waals surface area contributed by atoms with Crippen molar-refractivity contribution in [3.8, 4) is 0 Å². The Hall–Kier alpha value is -2.34. The van der Waals surface area contributed by atoms with Crippen LogP contribution in [0.15, 0.2) is 48.5 Å². The Morgan fingerprint density at radius 2 is 1.92 bits per heavy atom. The van der Waals surface area contributed by atoms with E-state index in [0.717, 1.165) is 24.0 Å². The number of amides is 1. The van der Waals surface area contributed by atoms with Gasteiger partial charge in [-0.15, -0.1) is 0 Å². The van der Waals surface area contributed by atoms with Crippen LogP contribution >= 0.6 is 0 Å². The molecule has 1 aliphatic heterocycles. The first-order valence-electron chi connectivity index (χ1n) is 8.86. The van der Waals surface area contributed by atoms with Gasteiger partial charge in [-0.25, -0.2) is 8.42 Å². The van der Waals surface area contributed by atoms with E-state index in [1.807, 2.05) is 36.4 Å². The average molecular weight is 372 g/mol. The second kappa shape index (κ2) is 7.50. The highest BCUT2D eigenvalue weighted by Gasteiger charge is 2.27. The fourth-order valence-corrected chi connectivity index (χ4v) is 4.35. The summed E-state index contributed by atoms with van der Waals surface area (Å²) in [5.74, 6) is -0.132. The van der Waals surface area contributed by atoms with Crippen LogP contribution in [0.3, 0.4) is 0 Å². The molecule has 2 aromatic carbocycles. The van der Waals surface area contributed by atoms with E-state index in [4.69, 9.17) is 0 Å². The summed E-state index contributed by atoms with van der Waals surface area (Å²) in [5, 5.41) is 3.11. The van der Waals surface area contributed by atoms with Crippen LogP contribution < -0.4 is 9.62 Å². The van der Waals surface area contributed by atoms with Gasteiger partial charge in [-0.2, -0.15) is 0 Å². The van der Waals surface area contributed by atoms with Gasteiger partial charge in [0.2, 0.25) is 10.0 Å². The third-order valence-electron chi connectivity index (χ3n) is 4.68. The van der Waals surface area contributed by atoms with E-state index in [-0.39, 0.29) is 11.9 Å². The predicted molar refractivity (Wildman–Crippen MR) is 104 cm³/mol. The minimum Gasteiger partial charge on any atom is -0.345 e. The molecule has 0 fully saturated rings. The van der Waals surface area contributed by atoms with Gasteiger partial charge in [0, 0.05) is 12.1 Å². The van der Waals surface area contributed by atoms with Crippen molar-refractivity contribution < 1.29 is 13.2 Å². The summed E-state index contributed by atoms with van der Waals surface area (Å²) >= 11 is 0. The summed E-state index contributed by atoms with van der Waals surface area (Å²) in [6.45, 7) is 2.53. The Bertz CT molecular complexity index is 895.